The Kier molecular flexibility index (Phi) is 5.11. The molecule has 0 unspecified atom stereocenters. The van der Waals surface area contributed by atoms with E-state index in [1.807, 2.05) is 0 Å². The highest BCUT2D eigenvalue weighted by Gasteiger charge is 2.38. The highest BCUT2D eigenvalue weighted by molar-refractivity contribution is 9.10. The minimum atomic E-state index is -0.768. The first kappa shape index (κ1) is 16.1. The summed E-state index contributed by atoms with van der Waals surface area (Å²) in [5.74, 6) is -0.204. The smallest absolute Gasteiger partial charge is 0.252 e. The Hall–Kier alpha value is -1.27. The summed E-state index contributed by atoms with van der Waals surface area (Å²) in [4.78, 5) is 12.4. The summed E-state index contributed by atoms with van der Waals surface area (Å²) in [6.07, 6.45) is 4.29. The van der Waals surface area contributed by atoms with Crippen LogP contribution >= 0.6 is 27.5 Å². The van der Waals surface area contributed by atoms with Crippen LogP contribution in [-0.2, 0) is 0 Å². The Morgan fingerprint density at radius 2 is 2.05 bits per heavy atom. The molecule has 0 bridgehead atoms. The fourth-order valence-electron chi connectivity index (χ4n) is 2.62. The maximum atomic E-state index is 12.4. The average Bonchev–Trinajstić information content (AvgIpc) is 2.50. The van der Waals surface area contributed by atoms with Gasteiger partial charge in [-0.1, -0.05) is 36.0 Å². The van der Waals surface area contributed by atoms with Crippen LogP contribution in [0.5, 0.6) is 0 Å². The summed E-state index contributed by atoms with van der Waals surface area (Å²) < 4.78 is 0.651. The molecule has 1 amide bonds. The Morgan fingerprint density at radius 1 is 1.38 bits per heavy atom. The molecule has 1 saturated carbocycles. The van der Waals surface area contributed by atoms with Gasteiger partial charge >= 0.3 is 0 Å². The topological polar surface area (TPSA) is 87.7 Å². The van der Waals surface area contributed by atoms with Crippen molar-refractivity contribution in [2.75, 3.05) is 0 Å². The molecular formula is C14H17BrClN3O2. The van der Waals surface area contributed by atoms with Crippen molar-refractivity contribution in [2.45, 2.75) is 37.6 Å². The summed E-state index contributed by atoms with van der Waals surface area (Å²) >= 11 is 9.22. The van der Waals surface area contributed by atoms with Gasteiger partial charge in [0.1, 0.15) is 5.54 Å². The van der Waals surface area contributed by atoms with Crippen molar-refractivity contribution in [2.24, 2.45) is 10.9 Å². The fraction of sp³-hybridized carbons (Fsp3) is 0.429. The van der Waals surface area contributed by atoms with Crippen molar-refractivity contribution in [1.29, 1.82) is 0 Å². The molecule has 0 radical (unpaired) electrons. The molecule has 21 heavy (non-hydrogen) atoms. The number of carbonyl (C=O) groups is 1. The molecule has 1 aromatic rings. The van der Waals surface area contributed by atoms with E-state index in [0.717, 1.165) is 19.3 Å². The van der Waals surface area contributed by atoms with Crippen molar-refractivity contribution < 1.29 is 10.0 Å². The second-order valence-corrected chi connectivity index (χ2v) is 6.47. The summed E-state index contributed by atoms with van der Waals surface area (Å²) in [7, 11) is 0. The number of benzene rings is 1. The third-order valence-electron chi connectivity index (χ3n) is 3.84. The Morgan fingerprint density at radius 3 is 2.62 bits per heavy atom. The molecule has 7 heteroatoms. The van der Waals surface area contributed by atoms with Crippen molar-refractivity contribution >= 4 is 39.3 Å². The standard InChI is InChI=1S/C14H17BrClN3O2/c15-10-8-9(4-5-11(10)16)12(20)18-14(13(17)19-21)6-2-1-3-7-14/h4-5,8,21H,1-3,6-7H2,(H2,17,19)(H,18,20). The molecule has 1 aliphatic carbocycles. The molecule has 1 aromatic carbocycles. The summed E-state index contributed by atoms with van der Waals surface area (Å²) in [6, 6.07) is 4.95. The molecule has 0 saturated heterocycles. The lowest BCUT2D eigenvalue weighted by atomic mass is 9.80. The molecule has 0 atom stereocenters. The zero-order valence-electron chi connectivity index (χ0n) is 11.4. The summed E-state index contributed by atoms with van der Waals surface area (Å²) in [5.41, 5.74) is 5.52. The van der Waals surface area contributed by atoms with Crippen LogP contribution in [0.1, 0.15) is 42.5 Å². The van der Waals surface area contributed by atoms with Crippen LogP contribution in [0.3, 0.4) is 0 Å². The molecule has 114 valence electrons. The first-order chi connectivity index (χ1) is 9.98. The molecule has 2 rings (SSSR count). The van der Waals surface area contributed by atoms with E-state index in [0.29, 0.717) is 27.9 Å². The van der Waals surface area contributed by atoms with E-state index < -0.39 is 5.54 Å². The second-order valence-electron chi connectivity index (χ2n) is 5.21. The number of nitrogens with one attached hydrogen (secondary N) is 1. The van der Waals surface area contributed by atoms with Crippen molar-refractivity contribution in [3.63, 3.8) is 0 Å². The number of amidine groups is 1. The first-order valence-corrected chi connectivity index (χ1v) is 7.91. The van der Waals surface area contributed by atoms with Gasteiger partial charge in [-0.25, -0.2) is 0 Å². The van der Waals surface area contributed by atoms with Gasteiger partial charge in [0.05, 0.1) is 5.02 Å². The van der Waals surface area contributed by atoms with Crippen LogP contribution in [0, 0.1) is 0 Å². The van der Waals surface area contributed by atoms with Crippen molar-refractivity contribution in [3.8, 4) is 0 Å². The van der Waals surface area contributed by atoms with Crippen LogP contribution < -0.4 is 11.1 Å². The number of nitrogens with two attached hydrogens (primary N) is 1. The maximum absolute atomic E-state index is 12.4. The van der Waals surface area contributed by atoms with E-state index in [4.69, 9.17) is 22.5 Å². The van der Waals surface area contributed by atoms with E-state index in [9.17, 15) is 4.79 Å². The summed E-state index contributed by atoms with van der Waals surface area (Å²) in [5, 5.41) is 15.6. The Balaban J connectivity index is 2.23. The number of carbonyl (C=O) groups excluding carboxylic acids is 1. The fourth-order valence-corrected chi connectivity index (χ4v) is 3.12. The lowest BCUT2D eigenvalue weighted by Gasteiger charge is -2.36. The highest BCUT2D eigenvalue weighted by atomic mass is 79.9. The van der Waals surface area contributed by atoms with Gasteiger partial charge in [-0.05, 0) is 47.0 Å². The molecule has 4 N–H and O–H groups in total. The van der Waals surface area contributed by atoms with E-state index in [1.54, 1.807) is 18.2 Å². The normalized spacial score (nSPS) is 18.3. The molecule has 5 nitrogen and oxygen atoms in total. The summed E-state index contributed by atoms with van der Waals surface area (Å²) in [6.45, 7) is 0. The van der Waals surface area contributed by atoms with Crippen LogP contribution in [0.4, 0.5) is 0 Å². The molecule has 1 fully saturated rings. The number of nitrogens with zero attached hydrogens (tertiary/aromatic N) is 1. The third-order valence-corrected chi connectivity index (χ3v) is 5.05. The Labute approximate surface area is 136 Å². The maximum Gasteiger partial charge on any atom is 0.252 e. The lowest BCUT2D eigenvalue weighted by Crippen LogP contribution is -2.58. The monoisotopic (exact) mass is 373 g/mol. The number of amides is 1. The molecule has 0 aliphatic heterocycles. The minimum Gasteiger partial charge on any atom is -0.409 e. The Bertz CT molecular complexity index is 571. The number of rotatable bonds is 3. The molecule has 0 aromatic heterocycles. The minimum absolute atomic E-state index is 0.0589. The van der Waals surface area contributed by atoms with Crippen molar-refractivity contribution in [3.05, 3.63) is 33.3 Å². The van der Waals surface area contributed by atoms with E-state index in [-0.39, 0.29) is 11.7 Å². The zero-order chi connectivity index (χ0) is 15.5. The molecule has 0 spiro atoms. The van der Waals surface area contributed by atoms with Crippen molar-refractivity contribution in [1.82, 2.24) is 5.32 Å². The predicted molar refractivity (Wildman–Crippen MR) is 85.8 cm³/mol. The van der Waals surface area contributed by atoms with Crippen LogP contribution in [-0.4, -0.2) is 22.5 Å². The predicted octanol–water partition coefficient (Wildman–Crippen LogP) is 3.28. The van der Waals surface area contributed by atoms with Gasteiger partial charge in [0.25, 0.3) is 5.91 Å². The molecular weight excluding hydrogens is 358 g/mol. The quantitative estimate of drug-likeness (QED) is 0.328. The average molecular weight is 375 g/mol. The zero-order valence-corrected chi connectivity index (χ0v) is 13.7. The first-order valence-electron chi connectivity index (χ1n) is 6.74. The SMILES string of the molecule is N/C(=N/O)C1(NC(=O)c2ccc(Cl)c(Br)c2)CCCCC1. The van der Waals surface area contributed by atoms with Crippen LogP contribution in [0.2, 0.25) is 5.02 Å². The van der Waals surface area contributed by atoms with Gasteiger partial charge in [-0.3, -0.25) is 4.79 Å². The number of oxime groups is 1. The molecule has 0 heterocycles. The van der Waals surface area contributed by atoms with Crippen LogP contribution in [0.15, 0.2) is 27.8 Å². The van der Waals surface area contributed by atoms with E-state index in [2.05, 4.69) is 26.4 Å². The van der Waals surface area contributed by atoms with E-state index in [1.165, 1.54) is 0 Å². The number of hydrogen-bond donors (Lipinski definition) is 3. The number of hydrogen-bond acceptors (Lipinski definition) is 3. The van der Waals surface area contributed by atoms with E-state index >= 15 is 0 Å². The molecule has 1 aliphatic rings. The van der Waals surface area contributed by atoms with Gasteiger partial charge in [0.2, 0.25) is 0 Å². The second kappa shape index (κ2) is 6.66. The van der Waals surface area contributed by atoms with Gasteiger partial charge in [-0.15, -0.1) is 0 Å². The van der Waals surface area contributed by atoms with Crippen LogP contribution in [0.25, 0.3) is 0 Å². The highest BCUT2D eigenvalue weighted by Crippen LogP contribution is 2.29. The largest absolute Gasteiger partial charge is 0.409 e. The van der Waals surface area contributed by atoms with Gasteiger partial charge in [0.15, 0.2) is 5.84 Å². The number of halogens is 2. The van der Waals surface area contributed by atoms with Gasteiger partial charge in [0, 0.05) is 10.0 Å². The third kappa shape index (κ3) is 3.49. The lowest BCUT2D eigenvalue weighted by molar-refractivity contribution is 0.0905. The van der Waals surface area contributed by atoms with Gasteiger partial charge in [-0.2, -0.15) is 0 Å². The van der Waals surface area contributed by atoms with Gasteiger partial charge < -0.3 is 16.3 Å².